The third kappa shape index (κ3) is 4.98. The minimum Gasteiger partial charge on any atom is -0.388 e. The molecule has 0 aliphatic carbocycles. The van der Waals surface area contributed by atoms with E-state index in [2.05, 4.69) is 18.2 Å². The van der Waals surface area contributed by atoms with Crippen molar-refractivity contribution in [2.24, 2.45) is 0 Å². The molecule has 0 aromatic heterocycles. The standard InChI is InChI=1S/C13H19Cl2NOS/c1-16(8-9-18-2)7-6-12(17)10-4-3-5-11(14)13(10)15/h3-5,12,17H,6-9H2,1-2H3. The summed E-state index contributed by atoms with van der Waals surface area (Å²) in [5.74, 6) is 1.10. The summed E-state index contributed by atoms with van der Waals surface area (Å²) in [5.41, 5.74) is 0.711. The van der Waals surface area contributed by atoms with Gasteiger partial charge in [-0.1, -0.05) is 35.3 Å². The van der Waals surface area contributed by atoms with E-state index in [0.717, 1.165) is 18.8 Å². The van der Waals surface area contributed by atoms with Crippen molar-refractivity contribution in [3.63, 3.8) is 0 Å². The van der Waals surface area contributed by atoms with Gasteiger partial charge in [-0.15, -0.1) is 0 Å². The number of aliphatic hydroxyl groups is 1. The number of hydrogen-bond acceptors (Lipinski definition) is 3. The van der Waals surface area contributed by atoms with Crippen molar-refractivity contribution in [3.05, 3.63) is 33.8 Å². The zero-order valence-electron chi connectivity index (χ0n) is 10.7. The van der Waals surface area contributed by atoms with Crippen LogP contribution in [0.5, 0.6) is 0 Å². The fourth-order valence-electron chi connectivity index (χ4n) is 1.63. The molecular weight excluding hydrogens is 289 g/mol. The number of nitrogens with zero attached hydrogens (tertiary/aromatic N) is 1. The molecule has 1 rings (SSSR count). The fourth-order valence-corrected chi connectivity index (χ4v) is 2.56. The Balaban J connectivity index is 2.50. The first-order valence-corrected chi connectivity index (χ1v) is 8.00. The number of benzene rings is 1. The van der Waals surface area contributed by atoms with Crippen molar-refractivity contribution in [3.8, 4) is 0 Å². The molecule has 1 aromatic rings. The minimum atomic E-state index is -0.562. The summed E-state index contributed by atoms with van der Waals surface area (Å²) in [7, 11) is 2.06. The Labute approximate surface area is 123 Å². The van der Waals surface area contributed by atoms with Gasteiger partial charge in [-0.25, -0.2) is 0 Å². The topological polar surface area (TPSA) is 23.5 Å². The van der Waals surface area contributed by atoms with E-state index in [-0.39, 0.29) is 0 Å². The predicted molar refractivity (Wildman–Crippen MR) is 81.9 cm³/mol. The van der Waals surface area contributed by atoms with Crippen molar-refractivity contribution in [1.82, 2.24) is 4.90 Å². The van der Waals surface area contributed by atoms with E-state index in [1.807, 2.05) is 23.9 Å². The Morgan fingerprint density at radius 1 is 1.33 bits per heavy atom. The lowest BCUT2D eigenvalue weighted by Crippen LogP contribution is -2.23. The van der Waals surface area contributed by atoms with Gasteiger partial charge in [0.15, 0.2) is 0 Å². The van der Waals surface area contributed by atoms with E-state index < -0.39 is 6.10 Å². The lowest BCUT2D eigenvalue weighted by atomic mass is 10.1. The number of rotatable bonds is 7. The van der Waals surface area contributed by atoms with Gasteiger partial charge in [0, 0.05) is 24.4 Å². The molecule has 102 valence electrons. The highest BCUT2D eigenvalue weighted by molar-refractivity contribution is 7.98. The normalized spacial score (nSPS) is 13.0. The molecule has 0 fully saturated rings. The molecule has 1 N–H and O–H groups in total. The lowest BCUT2D eigenvalue weighted by Gasteiger charge is -2.19. The fraction of sp³-hybridized carbons (Fsp3) is 0.538. The van der Waals surface area contributed by atoms with Crippen LogP contribution in [0.1, 0.15) is 18.1 Å². The molecule has 0 saturated carbocycles. The molecule has 5 heteroatoms. The first-order valence-electron chi connectivity index (χ1n) is 5.85. The third-order valence-corrected chi connectivity index (χ3v) is 4.23. The summed E-state index contributed by atoms with van der Waals surface area (Å²) in [6.45, 7) is 1.86. The predicted octanol–water partition coefficient (Wildman–Crippen LogP) is 3.71. The third-order valence-electron chi connectivity index (χ3n) is 2.80. The highest BCUT2D eigenvalue weighted by atomic mass is 35.5. The van der Waals surface area contributed by atoms with Gasteiger partial charge in [0.25, 0.3) is 0 Å². The summed E-state index contributed by atoms with van der Waals surface area (Å²) >= 11 is 13.8. The summed E-state index contributed by atoms with van der Waals surface area (Å²) in [4.78, 5) is 2.21. The quantitative estimate of drug-likeness (QED) is 0.830. The molecule has 2 nitrogen and oxygen atoms in total. The molecular formula is C13H19Cl2NOS. The highest BCUT2D eigenvalue weighted by Crippen LogP contribution is 2.31. The lowest BCUT2D eigenvalue weighted by molar-refractivity contribution is 0.151. The molecule has 0 spiro atoms. The van der Waals surface area contributed by atoms with E-state index in [1.165, 1.54) is 0 Å². The van der Waals surface area contributed by atoms with Crippen LogP contribution >= 0.6 is 35.0 Å². The summed E-state index contributed by atoms with van der Waals surface area (Å²) in [6.07, 6.45) is 2.19. The van der Waals surface area contributed by atoms with Crippen molar-refractivity contribution in [1.29, 1.82) is 0 Å². The van der Waals surface area contributed by atoms with Crippen molar-refractivity contribution in [2.45, 2.75) is 12.5 Å². The van der Waals surface area contributed by atoms with Crippen molar-refractivity contribution < 1.29 is 5.11 Å². The average Bonchev–Trinajstić information content (AvgIpc) is 2.36. The van der Waals surface area contributed by atoms with Crippen LogP contribution in [-0.4, -0.2) is 42.2 Å². The molecule has 0 heterocycles. The Hall–Kier alpha value is 0.0700. The summed E-state index contributed by atoms with van der Waals surface area (Å²) in [6, 6.07) is 5.36. The molecule has 18 heavy (non-hydrogen) atoms. The van der Waals surface area contributed by atoms with E-state index in [0.29, 0.717) is 22.0 Å². The van der Waals surface area contributed by atoms with Crippen LogP contribution in [0.4, 0.5) is 0 Å². The van der Waals surface area contributed by atoms with E-state index in [4.69, 9.17) is 23.2 Å². The molecule has 1 atom stereocenters. The molecule has 0 bridgehead atoms. The van der Waals surface area contributed by atoms with Crippen LogP contribution in [0.2, 0.25) is 10.0 Å². The van der Waals surface area contributed by atoms with Crippen molar-refractivity contribution >= 4 is 35.0 Å². The molecule has 1 aromatic carbocycles. The first kappa shape index (κ1) is 16.1. The Morgan fingerprint density at radius 3 is 2.72 bits per heavy atom. The van der Waals surface area contributed by atoms with E-state index >= 15 is 0 Å². The van der Waals surface area contributed by atoms with Gasteiger partial charge in [0.05, 0.1) is 16.1 Å². The number of hydrogen-bond donors (Lipinski definition) is 1. The largest absolute Gasteiger partial charge is 0.388 e. The Bertz CT molecular complexity index is 376. The Morgan fingerprint density at radius 2 is 2.06 bits per heavy atom. The number of thioether (sulfide) groups is 1. The average molecular weight is 308 g/mol. The van der Waals surface area contributed by atoms with Crippen LogP contribution in [-0.2, 0) is 0 Å². The highest BCUT2D eigenvalue weighted by Gasteiger charge is 2.14. The number of halogens is 2. The smallest absolute Gasteiger partial charge is 0.0817 e. The Kier molecular flexibility index (Phi) is 7.42. The van der Waals surface area contributed by atoms with Crippen molar-refractivity contribution in [2.75, 3.05) is 32.1 Å². The maximum atomic E-state index is 10.1. The van der Waals surface area contributed by atoms with Gasteiger partial charge >= 0.3 is 0 Å². The maximum Gasteiger partial charge on any atom is 0.0817 e. The van der Waals surface area contributed by atoms with Gasteiger partial charge in [-0.05, 0) is 25.8 Å². The molecule has 0 aliphatic rings. The second-order valence-corrected chi connectivity index (χ2v) is 6.01. The molecule has 0 radical (unpaired) electrons. The second-order valence-electron chi connectivity index (χ2n) is 4.24. The molecule has 0 aliphatic heterocycles. The van der Waals surface area contributed by atoms with E-state index in [1.54, 1.807) is 6.07 Å². The SMILES string of the molecule is CSCCN(C)CCC(O)c1cccc(Cl)c1Cl. The second kappa shape index (κ2) is 8.28. The van der Waals surface area contributed by atoms with Gasteiger partial charge < -0.3 is 10.0 Å². The van der Waals surface area contributed by atoms with Gasteiger partial charge in [-0.2, -0.15) is 11.8 Å². The van der Waals surface area contributed by atoms with Crippen LogP contribution in [0.3, 0.4) is 0 Å². The first-order chi connectivity index (χ1) is 8.56. The van der Waals surface area contributed by atoms with Gasteiger partial charge in [-0.3, -0.25) is 0 Å². The maximum absolute atomic E-state index is 10.1. The minimum absolute atomic E-state index is 0.457. The molecule has 0 amide bonds. The molecule has 1 unspecified atom stereocenters. The van der Waals surface area contributed by atoms with E-state index in [9.17, 15) is 5.11 Å². The van der Waals surface area contributed by atoms with Crippen LogP contribution < -0.4 is 0 Å². The van der Waals surface area contributed by atoms with Crippen LogP contribution in [0, 0.1) is 0 Å². The van der Waals surface area contributed by atoms with Crippen LogP contribution in [0.25, 0.3) is 0 Å². The summed E-state index contributed by atoms with van der Waals surface area (Å²) in [5, 5.41) is 11.1. The zero-order chi connectivity index (χ0) is 13.5. The molecule has 0 saturated heterocycles. The van der Waals surface area contributed by atoms with Gasteiger partial charge in [0.2, 0.25) is 0 Å². The monoisotopic (exact) mass is 307 g/mol. The summed E-state index contributed by atoms with van der Waals surface area (Å²) < 4.78 is 0. The number of aliphatic hydroxyl groups excluding tert-OH is 1. The van der Waals surface area contributed by atoms with Gasteiger partial charge in [0.1, 0.15) is 0 Å². The van der Waals surface area contributed by atoms with Crippen LogP contribution in [0.15, 0.2) is 18.2 Å². The zero-order valence-corrected chi connectivity index (χ0v) is 13.0.